The highest BCUT2D eigenvalue weighted by atomic mass is 19.1. The van der Waals surface area contributed by atoms with Gasteiger partial charge in [0, 0.05) is 25.6 Å². The van der Waals surface area contributed by atoms with E-state index in [0.717, 1.165) is 0 Å². The van der Waals surface area contributed by atoms with Crippen LogP contribution in [0.25, 0.3) is 5.69 Å². The van der Waals surface area contributed by atoms with Crippen molar-refractivity contribution in [1.29, 1.82) is 0 Å². The number of aryl methyl sites for hydroxylation is 1. The summed E-state index contributed by atoms with van der Waals surface area (Å²) in [6, 6.07) is 11.2. The van der Waals surface area contributed by atoms with Gasteiger partial charge >= 0.3 is 0 Å². The van der Waals surface area contributed by atoms with Gasteiger partial charge in [0.2, 0.25) is 5.79 Å². The topological polar surface area (TPSA) is 65.4 Å². The van der Waals surface area contributed by atoms with E-state index in [9.17, 15) is 9.18 Å². The van der Waals surface area contributed by atoms with Crippen molar-refractivity contribution < 1.29 is 18.7 Å². The lowest BCUT2D eigenvalue weighted by atomic mass is 10.1. The molecule has 0 saturated carbocycles. The fourth-order valence-corrected chi connectivity index (χ4v) is 3.30. The molecule has 0 aliphatic carbocycles. The Morgan fingerprint density at radius 2 is 1.75 bits per heavy atom. The van der Waals surface area contributed by atoms with E-state index in [1.165, 1.54) is 12.1 Å². The van der Waals surface area contributed by atoms with Crippen molar-refractivity contribution in [3.63, 3.8) is 0 Å². The lowest BCUT2D eigenvalue weighted by molar-refractivity contribution is -0.0431. The first-order valence-electron chi connectivity index (χ1n) is 8.89. The number of carbonyl (C=O) groups excluding carboxylic acids is 1. The van der Waals surface area contributed by atoms with Gasteiger partial charge in [0.15, 0.2) is 11.5 Å². The number of hydrogen-bond donors (Lipinski definition) is 1. The Labute approximate surface area is 161 Å². The molecule has 1 aliphatic heterocycles. The van der Waals surface area contributed by atoms with Gasteiger partial charge in [-0.05, 0) is 50.2 Å². The summed E-state index contributed by atoms with van der Waals surface area (Å²) in [7, 11) is 0. The molecule has 1 N–H and O–H groups in total. The molecule has 4 rings (SSSR count). The minimum atomic E-state index is -0.728. The Bertz CT molecular complexity index is 1070. The van der Waals surface area contributed by atoms with Crippen LogP contribution in [0.3, 0.4) is 0 Å². The number of anilines is 1. The number of rotatable bonds is 3. The predicted octanol–water partition coefficient (Wildman–Crippen LogP) is 4.39. The SMILES string of the molecule is Cc1nn(-c2ccc(F)cc2)c(C)c1C(=O)Nc1ccc2c(c1)OC(C)(C)O2. The maximum Gasteiger partial charge on any atom is 0.259 e. The van der Waals surface area contributed by atoms with E-state index >= 15 is 0 Å². The van der Waals surface area contributed by atoms with E-state index in [-0.39, 0.29) is 11.7 Å². The van der Waals surface area contributed by atoms with E-state index in [0.29, 0.717) is 39.8 Å². The number of nitrogens with one attached hydrogen (secondary N) is 1. The number of benzene rings is 2. The summed E-state index contributed by atoms with van der Waals surface area (Å²) in [4.78, 5) is 12.9. The normalized spacial score (nSPS) is 14.2. The molecule has 2 aromatic carbocycles. The van der Waals surface area contributed by atoms with Crippen molar-refractivity contribution in [3.8, 4) is 17.2 Å². The first-order valence-corrected chi connectivity index (χ1v) is 8.89. The molecule has 7 heteroatoms. The van der Waals surface area contributed by atoms with Crippen molar-refractivity contribution >= 4 is 11.6 Å². The molecule has 2 heterocycles. The Kier molecular flexibility index (Phi) is 4.10. The van der Waals surface area contributed by atoms with Crippen LogP contribution in [0.5, 0.6) is 11.5 Å². The molecule has 1 amide bonds. The van der Waals surface area contributed by atoms with Crippen molar-refractivity contribution in [2.75, 3.05) is 5.32 Å². The molecule has 1 aliphatic rings. The minimum absolute atomic E-state index is 0.276. The molecule has 1 aromatic heterocycles. The summed E-state index contributed by atoms with van der Waals surface area (Å²) in [6.45, 7) is 7.22. The monoisotopic (exact) mass is 381 g/mol. The van der Waals surface area contributed by atoms with Crippen LogP contribution >= 0.6 is 0 Å². The molecule has 6 nitrogen and oxygen atoms in total. The number of ether oxygens (including phenoxy) is 2. The zero-order chi connectivity index (χ0) is 20.1. The molecular formula is C21H20FN3O3. The molecule has 3 aromatic rings. The number of aromatic nitrogens is 2. The van der Waals surface area contributed by atoms with Gasteiger partial charge in [0.25, 0.3) is 5.91 Å². The van der Waals surface area contributed by atoms with Gasteiger partial charge in [-0.15, -0.1) is 0 Å². The third kappa shape index (κ3) is 3.19. The van der Waals surface area contributed by atoms with Gasteiger partial charge < -0.3 is 14.8 Å². The number of carbonyl (C=O) groups is 1. The number of hydrogen-bond acceptors (Lipinski definition) is 4. The maximum absolute atomic E-state index is 13.2. The molecule has 0 fully saturated rings. The zero-order valence-electron chi connectivity index (χ0n) is 16.0. The second-order valence-electron chi connectivity index (χ2n) is 7.15. The lowest BCUT2D eigenvalue weighted by Gasteiger charge is -2.16. The molecule has 0 spiro atoms. The highest BCUT2D eigenvalue weighted by molar-refractivity contribution is 6.06. The molecule has 144 valence electrons. The molecule has 28 heavy (non-hydrogen) atoms. The van der Waals surface area contributed by atoms with Gasteiger partial charge in [-0.3, -0.25) is 4.79 Å². The number of nitrogens with zero attached hydrogens (tertiary/aromatic N) is 2. The van der Waals surface area contributed by atoms with E-state index in [1.807, 2.05) is 13.8 Å². The van der Waals surface area contributed by atoms with E-state index in [1.54, 1.807) is 48.9 Å². The number of fused-ring (bicyclic) bond motifs is 1. The Balaban J connectivity index is 1.60. The zero-order valence-corrected chi connectivity index (χ0v) is 16.0. The number of amides is 1. The van der Waals surface area contributed by atoms with Gasteiger partial charge in [-0.2, -0.15) is 5.10 Å². The van der Waals surface area contributed by atoms with Crippen molar-refractivity contribution in [2.45, 2.75) is 33.5 Å². The molecule has 0 saturated heterocycles. The van der Waals surface area contributed by atoms with Crippen molar-refractivity contribution in [2.24, 2.45) is 0 Å². The van der Waals surface area contributed by atoms with Crippen LogP contribution in [0.4, 0.5) is 10.1 Å². The van der Waals surface area contributed by atoms with Crippen LogP contribution in [-0.2, 0) is 0 Å². The largest absolute Gasteiger partial charge is 0.449 e. The molecule has 0 unspecified atom stereocenters. The van der Waals surface area contributed by atoms with Crippen LogP contribution in [-0.4, -0.2) is 21.5 Å². The Hall–Kier alpha value is -3.35. The summed E-state index contributed by atoms with van der Waals surface area (Å²) >= 11 is 0. The van der Waals surface area contributed by atoms with E-state index < -0.39 is 5.79 Å². The lowest BCUT2D eigenvalue weighted by Crippen LogP contribution is -2.29. The van der Waals surface area contributed by atoms with Crippen LogP contribution in [0, 0.1) is 19.7 Å². The van der Waals surface area contributed by atoms with Crippen LogP contribution in [0.1, 0.15) is 35.6 Å². The Morgan fingerprint density at radius 1 is 1.07 bits per heavy atom. The third-order valence-electron chi connectivity index (χ3n) is 4.50. The number of halogens is 1. The van der Waals surface area contributed by atoms with Crippen molar-refractivity contribution in [3.05, 3.63) is 65.2 Å². The molecule has 0 atom stereocenters. The fourth-order valence-electron chi connectivity index (χ4n) is 3.30. The van der Waals surface area contributed by atoms with Gasteiger partial charge in [-0.25, -0.2) is 9.07 Å². The van der Waals surface area contributed by atoms with Crippen LogP contribution in [0.2, 0.25) is 0 Å². The van der Waals surface area contributed by atoms with E-state index in [2.05, 4.69) is 10.4 Å². The first kappa shape index (κ1) is 18.0. The Morgan fingerprint density at radius 3 is 2.46 bits per heavy atom. The second-order valence-corrected chi connectivity index (χ2v) is 7.15. The maximum atomic E-state index is 13.2. The first-order chi connectivity index (χ1) is 13.2. The quantitative estimate of drug-likeness (QED) is 0.731. The summed E-state index contributed by atoms with van der Waals surface area (Å²) in [5.74, 6) is -0.109. The van der Waals surface area contributed by atoms with E-state index in [4.69, 9.17) is 9.47 Å². The van der Waals surface area contributed by atoms with Gasteiger partial charge in [0.1, 0.15) is 5.82 Å². The molecule has 0 radical (unpaired) electrons. The molecular weight excluding hydrogens is 361 g/mol. The van der Waals surface area contributed by atoms with Crippen molar-refractivity contribution in [1.82, 2.24) is 9.78 Å². The summed E-state index contributed by atoms with van der Waals surface area (Å²) < 4.78 is 26.2. The minimum Gasteiger partial charge on any atom is -0.449 e. The molecule has 0 bridgehead atoms. The predicted molar refractivity (Wildman–Crippen MR) is 103 cm³/mol. The van der Waals surface area contributed by atoms with Gasteiger partial charge in [0.05, 0.1) is 22.6 Å². The summed E-state index contributed by atoms with van der Waals surface area (Å²) in [5, 5.41) is 7.32. The summed E-state index contributed by atoms with van der Waals surface area (Å²) in [6.07, 6.45) is 0. The highest BCUT2D eigenvalue weighted by Gasteiger charge is 2.31. The smallest absolute Gasteiger partial charge is 0.259 e. The standard InChI is InChI=1S/C21H20FN3O3/c1-12-19(13(2)25(24-12)16-8-5-14(22)6-9-16)20(26)23-15-7-10-17-18(11-15)28-21(3,4)27-17/h5-11H,1-4H3,(H,23,26). The average Bonchev–Trinajstić information content (AvgIpc) is 3.09. The second kappa shape index (κ2) is 6.37. The van der Waals surface area contributed by atoms with Crippen LogP contribution in [0.15, 0.2) is 42.5 Å². The fraction of sp³-hybridized carbons (Fsp3) is 0.238. The van der Waals surface area contributed by atoms with Crippen LogP contribution < -0.4 is 14.8 Å². The third-order valence-corrected chi connectivity index (χ3v) is 4.50. The average molecular weight is 381 g/mol. The van der Waals surface area contributed by atoms with Gasteiger partial charge in [-0.1, -0.05) is 0 Å². The summed E-state index contributed by atoms with van der Waals surface area (Å²) in [5.41, 5.74) is 3.01. The highest BCUT2D eigenvalue weighted by Crippen LogP contribution is 2.40.